The highest BCUT2D eigenvalue weighted by molar-refractivity contribution is 7.86. The molecule has 0 aliphatic heterocycles. The molecule has 0 unspecified atom stereocenters. The Morgan fingerprint density at radius 2 is 1.67 bits per heavy atom. The molecular formula is C21H16F2N2O4S. The largest absolute Gasteiger partial charge is 0.295 e. The lowest BCUT2D eigenvalue weighted by atomic mass is 9.99. The van der Waals surface area contributed by atoms with E-state index in [1.807, 2.05) is 6.07 Å². The molecule has 3 rings (SSSR count). The molecule has 0 fully saturated rings. The van der Waals surface area contributed by atoms with Crippen molar-refractivity contribution in [3.63, 3.8) is 0 Å². The number of hydrogen-bond donors (Lipinski definition) is 2. The summed E-state index contributed by atoms with van der Waals surface area (Å²) >= 11 is 0. The van der Waals surface area contributed by atoms with Gasteiger partial charge < -0.3 is 0 Å². The molecule has 0 spiro atoms. The number of halogens is 2. The van der Waals surface area contributed by atoms with Crippen LogP contribution in [0.15, 0.2) is 76.7 Å². The molecule has 0 radical (unpaired) electrons. The first-order valence-electron chi connectivity index (χ1n) is 8.68. The highest BCUT2D eigenvalue weighted by Crippen LogP contribution is 2.33. The zero-order valence-corrected chi connectivity index (χ0v) is 16.2. The van der Waals surface area contributed by atoms with Crippen molar-refractivity contribution in [2.45, 2.75) is 11.3 Å². The van der Waals surface area contributed by atoms with Gasteiger partial charge in [0.2, 0.25) is 5.91 Å². The van der Waals surface area contributed by atoms with Crippen LogP contribution < -0.4 is 5.43 Å². The summed E-state index contributed by atoms with van der Waals surface area (Å²) in [6, 6.07) is 16.2. The molecule has 0 aliphatic carbocycles. The van der Waals surface area contributed by atoms with Crippen molar-refractivity contribution >= 4 is 22.2 Å². The molecule has 0 aliphatic rings. The minimum Gasteiger partial charge on any atom is -0.282 e. The second kappa shape index (κ2) is 8.93. The monoisotopic (exact) mass is 430 g/mol. The summed E-state index contributed by atoms with van der Waals surface area (Å²) in [4.78, 5) is 11.2. The molecule has 0 heterocycles. The molecule has 9 heteroatoms. The van der Waals surface area contributed by atoms with Crippen molar-refractivity contribution in [1.29, 1.82) is 0 Å². The smallest absolute Gasteiger partial charge is 0.282 e. The van der Waals surface area contributed by atoms with E-state index in [1.54, 1.807) is 30.3 Å². The maximum absolute atomic E-state index is 14.5. The Hall–Kier alpha value is -3.43. The Balaban J connectivity index is 1.92. The van der Waals surface area contributed by atoms with Crippen LogP contribution in [0.4, 0.5) is 8.78 Å². The van der Waals surface area contributed by atoms with Crippen LogP contribution in [0.2, 0.25) is 0 Å². The van der Waals surface area contributed by atoms with Crippen LogP contribution in [0.25, 0.3) is 11.1 Å². The molecule has 3 aromatic carbocycles. The fraction of sp³-hybridized carbons (Fsp3) is 0.0476. The van der Waals surface area contributed by atoms with Gasteiger partial charge in [-0.05, 0) is 23.3 Å². The molecule has 154 valence electrons. The van der Waals surface area contributed by atoms with E-state index in [1.165, 1.54) is 24.4 Å². The summed E-state index contributed by atoms with van der Waals surface area (Å²) in [7, 11) is -4.83. The number of benzene rings is 3. The van der Waals surface area contributed by atoms with Crippen molar-refractivity contribution in [3.8, 4) is 11.1 Å². The topological polar surface area (TPSA) is 95.8 Å². The third-order valence-electron chi connectivity index (χ3n) is 4.17. The zero-order chi connectivity index (χ0) is 21.7. The summed E-state index contributed by atoms with van der Waals surface area (Å²) in [5, 5.41) is 3.82. The van der Waals surface area contributed by atoms with Crippen molar-refractivity contribution in [1.82, 2.24) is 5.43 Å². The van der Waals surface area contributed by atoms with Gasteiger partial charge >= 0.3 is 0 Å². The lowest BCUT2D eigenvalue weighted by Crippen LogP contribution is -2.19. The number of carbonyl (C=O) groups is 1. The average molecular weight is 430 g/mol. The molecule has 3 aromatic rings. The molecule has 6 nitrogen and oxygen atoms in total. The van der Waals surface area contributed by atoms with E-state index >= 15 is 0 Å². The molecule has 0 saturated carbocycles. The number of carbonyl (C=O) groups excluding carboxylic acids is 1. The maximum Gasteiger partial charge on any atom is 0.295 e. The van der Waals surface area contributed by atoms with E-state index in [4.69, 9.17) is 0 Å². The SMILES string of the molecule is O=C(Cc1ccccc1)NN=Cc1ccccc1-c1c(S(=O)(=O)O)ccc(F)c1F. The first-order valence-corrected chi connectivity index (χ1v) is 10.1. The van der Waals surface area contributed by atoms with Crippen LogP contribution in [-0.2, 0) is 21.3 Å². The van der Waals surface area contributed by atoms with Gasteiger partial charge in [0, 0.05) is 11.1 Å². The van der Waals surface area contributed by atoms with Gasteiger partial charge in [0.1, 0.15) is 4.90 Å². The molecule has 1 amide bonds. The van der Waals surface area contributed by atoms with E-state index in [0.29, 0.717) is 6.07 Å². The standard InChI is InChI=1S/C21H16F2N2O4S/c22-17-10-11-18(30(27,28)29)20(21(17)23)16-9-5-4-8-15(16)13-24-25-19(26)12-14-6-2-1-3-7-14/h1-11,13H,12H2,(H,25,26)(H,27,28,29). The van der Waals surface area contributed by atoms with Crippen LogP contribution in [0, 0.1) is 11.6 Å². The van der Waals surface area contributed by atoms with E-state index in [2.05, 4.69) is 10.5 Å². The average Bonchev–Trinajstić information content (AvgIpc) is 2.70. The van der Waals surface area contributed by atoms with Gasteiger partial charge in [0.25, 0.3) is 10.1 Å². The first-order chi connectivity index (χ1) is 14.3. The number of nitrogens with zero attached hydrogens (tertiary/aromatic N) is 1. The lowest BCUT2D eigenvalue weighted by molar-refractivity contribution is -0.120. The van der Waals surface area contributed by atoms with Crippen molar-refractivity contribution in [3.05, 3.63) is 89.5 Å². The van der Waals surface area contributed by atoms with E-state index < -0.39 is 38.1 Å². The normalized spacial score (nSPS) is 11.6. The van der Waals surface area contributed by atoms with Crippen LogP contribution in [0.5, 0.6) is 0 Å². The molecule has 0 bridgehead atoms. The van der Waals surface area contributed by atoms with Gasteiger partial charge in [-0.15, -0.1) is 0 Å². The predicted molar refractivity (Wildman–Crippen MR) is 107 cm³/mol. The van der Waals surface area contributed by atoms with Crippen molar-refractivity contribution in [2.75, 3.05) is 0 Å². The zero-order valence-electron chi connectivity index (χ0n) is 15.4. The number of rotatable bonds is 6. The quantitative estimate of drug-likeness (QED) is 0.355. The van der Waals surface area contributed by atoms with Gasteiger partial charge in [-0.25, -0.2) is 14.2 Å². The Morgan fingerprint density at radius 1 is 1.00 bits per heavy atom. The van der Waals surface area contributed by atoms with Crippen LogP contribution in [0.3, 0.4) is 0 Å². The highest BCUT2D eigenvalue weighted by Gasteiger charge is 2.24. The predicted octanol–water partition coefficient (Wildman–Crippen LogP) is 3.57. The molecule has 0 saturated heterocycles. The first kappa shape index (κ1) is 21.3. The number of hydrazone groups is 1. The molecule has 0 aromatic heterocycles. The Labute approximate surface area is 171 Å². The summed E-state index contributed by atoms with van der Waals surface area (Å²) in [5.74, 6) is -3.11. The summed E-state index contributed by atoms with van der Waals surface area (Å²) < 4.78 is 61.0. The molecule has 0 atom stereocenters. The van der Waals surface area contributed by atoms with Crippen molar-refractivity contribution in [2.24, 2.45) is 5.10 Å². The fourth-order valence-electron chi connectivity index (χ4n) is 2.83. The van der Waals surface area contributed by atoms with E-state index in [9.17, 15) is 26.5 Å². The van der Waals surface area contributed by atoms with Gasteiger partial charge in [0.15, 0.2) is 11.6 Å². The van der Waals surface area contributed by atoms with E-state index in [0.717, 1.165) is 11.6 Å². The minimum absolute atomic E-state index is 0.0248. The second-order valence-corrected chi connectivity index (χ2v) is 7.64. The van der Waals surface area contributed by atoms with E-state index in [-0.39, 0.29) is 17.5 Å². The number of nitrogens with one attached hydrogen (secondary N) is 1. The summed E-state index contributed by atoms with van der Waals surface area (Å²) in [6.07, 6.45) is 1.27. The molecule has 2 N–H and O–H groups in total. The lowest BCUT2D eigenvalue weighted by Gasteiger charge is -2.12. The molecular weight excluding hydrogens is 414 g/mol. The second-order valence-electron chi connectivity index (χ2n) is 6.25. The Kier molecular flexibility index (Phi) is 6.34. The fourth-order valence-corrected chi connectivity index (χ4v) is 3.53. The van der Waals surface area contributed by atoms with Gasteiger partial charge in [0.05, 0.1) is 12.6 Å². The number of hydrogen-bond acceptors (Lipinski definition) is 4. The summed E-state index contributed by atoms with van der Waals surface area (Å²) in [6.45, 7) is 0. The van der Waals surface area contributed by atoms with Gasteiger partial charge in [-0.1, -0.05) is 54.6 Å². The Morgan fingerprint density at radius 3 is 2.37 bits per heavy atom. The third-order valence-corrected chi connectivity index (χ3v) is 5.06. The summed E-state index contributed by atoms with van der Waals surface area (Å²) in [5.41, 5.74) is 2.65. The Bertz CT molecular complexity index is 1210. The van der Waals surface area contributed by atoms with Crippen molar-refractivity contribution < 1.29 is 26.5 Å². The third kappa shape index (κ3) is 4.94. The minimum atomic E-state index is -4.83. The maximum atomic E-state index is 14.5. The number of amides is 1. The highest BCUT2D eigenvalue weighted by atomic mass is 32.2. The molecule has 30 heavy (non-hydrogen) atoms. The van der Waals surface area contributed by atoms with Crippen LogP contribution in [-0.4, -0.2) is 25.1 Å². The van der Waals surface area contributed by atoms with Crippen LogP contribution >= 0.6 is 0 Å². The van der Waals surface area contributed by atoms with Gasteiger partial charge in [-0.3, -0.25) is 9.35 Å². The van der Waals surface area contributed by atoms with Gasteiger partial charge in [-0.2, -0.15) is 13.5 Å². The van der Waals surface area contributed by atoms with Crippen LogP contribution in [0.1, 0.15) is 11.1 Å².